The number of benzene rings is 2. The number of aromatic nitrogens is 2. The number of rotatable bonds is 11. The highest BCUT2D eigenvalue weighted by Crippen LogP contribution is 2.39. The molecule has 0 radical (unpaired) electrons. The number of piperazine rings is 1. The number of nitrogens with one attached hydrogen (secondary N) is 1. The van der Waals surface area contributed by atoms with Crippen molar-refractivity contribution in [2.24, 2.45) is 12.9 Å². The Morgan fingerprint density at radius 2 is 1.58 bits per heavy atom. The van der Waals surface area contributed by atoms with Crippen LogP contribution in [0.1, 0.15) is 57.7 Å². The number of ether oxygens (including phenoxy) is 3. The van der Waals surface area contributed by atoms with Crippen LogP contribution in [-0.4, -0.2) is 115 Å². The van der Waals surface area contributed by atoms with Crippen LogP contribution in [0.5, 0.6) is 17.4 Å². The van der Waals surface area contributed by atoms with Gasteiger partial charge in [0, 0.05) is 111 Å². The molecule has 0 aliphatic carbocycles. The van der Waals surface area contributed by atoms with E-state index in [1.165, 1.54) is 19.5 Å². The molecule has 4 aliphatic heterocycles. The van der Waals surface area contributed by atoms with E-state index in [1.54, 1.807) is 25.2 Å². The monoisotopic (exact) mass is 780 g/mol. The minimum atomic E-state index is -2.70. The lowest BCUT2D eigenvalue weighted by Gasteiger charge is -2.37. The molecule has 57 heavy (non-hydrogen) atoms. The molecule has 1 unspecified atom stereocenters. The van der Waals surface area contributed by atoms with E-state index in [2.05, 4.69) is 31.1 Å². The number of imide groups is 1. The number of pyridine rings is 2. The summed E-state index contributed by atoms with van der Waals surface area (Å²) in [6.07, 6.45) is 6.59. The summed E-state index contributed by atoms with van der Waals surface area (Å²) in [5, 5.41) is 3.03. The first kappa shape index (κ1) is 34.8. The number of nitrogens with zero attached hydrogens (tertiary/aromatic N) is 6. The summed E-state index contributed by atoms with van der Waals surface area (Å²) < 4.78 is 42.0. The molecule has 3 fully saturated rings. The van der Waals surface area contributed by atoms with Gasteiger partial charge in [-0.05, 0) is 73.5 Å². The van der Waals surface area contributed by atoms with Gasteiger partial charge >= 0.3 is 0 Å². The Bertz CT molecular complexity index is 2350. The number of carbonyl (C=O) groups excluding carboxylic acids is 3. The number of hydrogen-bond donors (Lipinski definition) is 1. The number of methoxy groups -OCH3 is 3. The summed E-state index contributed by atoms with van der Waals surface area (Å²) in [7, 11) is 4.68. The summed E-state index contributed by atoms with van der Waals surface area (Å²) in [4.78, 5) is 63.7. The Morgan fingerprint density at radius 3 is 2.26 bits per heavy atom. The Kier molecular flexibility index (Phi) is 9.86. The zero-order valence-electron chi connectivity index (χ0n) is 35.7. The third-order valence-corrected chi connectivity index (χ3v) is 12.2. The quantitative estimate of drug-likeness (QED) is 0.223. The first-order chi connectivity index (χ1) is 28.8. The third-order valence-electron chi connectivity index (χ3n) is 12.2. The van der Waals surface area contributed by atoms with Gasteiger partial charge < -0.3 is 33.5 Å². The van der Waals surface area contributed by atoms with Crippen LogP contribution in [0.15, 0.2) is 53.6 Å². The molecule has 3 amide bonds. The van der Waals surface area contributed by atoms with Gasteiger partial charge in [-0.2, -0.15) is 0 Å². The normalized spacial score (nSPS) is 20.6. The van der Waals surface area contributed by atoms with Crippen molar-refractivity contribution in [2.45, 2.75) is 51.2 Å². The first-order valence-corrected chi connectivity index (χ1v) is 19.7. The van der Waals surface area contributed by atoms with Crippen molar-refractivity contribution in [1.82, 2.24) is 29.6 Å². The molecule has 8 rings (SSSR count). The van der Waals surface area contributed by atoms with Gasteiger partial charge in [-0.1, -0.05) is 6.07 Å². The predicted octanol–water partition coefficient (Wildman–Crippen LogP) is 3.81. The summed E-state index contributed by atoms with van der Waals surface area (Å²) in [5.74, 6) is 1.29. The van der Waals surface area contributed by atoms with E-state index in [-0.39, 0.29) is 23.6 Å². The van der Waals surface area contributed by atoms with Crippen molar-refractivity contribution in [3.8, 4) is 28.5 Å². The van der Waals surface area contributed by atoms with Crippen molar-refractivity contribution >= 4 is 34.2 Å². The van der Waals surface area contributed by atoms with E-state index in [4.69, 9.17) is 18.3 Å². The van der Waals surface area contributed by atoms with Crippen molar-refractivity contribution < 1.29 is 32.7 Å². The van der Waals surface area contributed by atoms with E-state index in [0.29, 0.717) is 64.9 Å². The van der Waals surface area contributed by atoms with Crippen LogP contribution in [0, 0.1) is 5.92 Å². The van der Waals surface area contributed by atoms with Gasteiger partial charge in [0.05, 0.1) is 32.3 Å². The number of carbonyl (C=O) groups is 3. The molecule has 1 N–H and O–H groups in total. The maximum Gasteiger partial charge on any atom is 0.259 e. The van der Waals surface area contributed by atoms with Gasteiger partial charge in [-0.3, -0.25) is 29.4 Å². The van der Waals surface area contributed by atoms with Crippen molar-refractivity contribution in [3.05, 3.63) is 75.8 Å². The van der Waals surface area contributed by atoms with Gasteiger partial charge in [0.15, 0.2) is 0 Å². The average molecular weight is 781 g/mol. The SMILES string of the molecule is [2H]C([2H])([2H])n1cc(-c2cc(OC)c(CN3CCN(CCC4CCN(c5ccc6c(c5)C(=O)N(C5CCC(=O)NC5=O)C6)CC4)CC3)c(OC)c2)c2cc(OC)ncc2c1=O. The summed E-state index contributed by atoms with van der Waals surface area (Å²) in [6, 6.07) is 10.8. The Hall–Kier alpha value is -5.47. The Balaban J connectivity index is 0.859. The lowest BCUT2D eigenvalue weighted by molar-refractivity contribution is -0.136. The first-order valence-electron chi connectivity index (χ1n) is 21.2. The fourth-order valence-corrected chi connectivity index (χ4v) is 8.83. The predicted molar refractivity (Wildman–Crippen MR) is 216 cm³/mol. The number of piperidine rings is 2. The number of anilines is 1. The lowest BCUT2D eigenvalue weighted by Crippen LogP contribution is -2.52. The van der Waals surface area contributed by atoms with Crippen molar-refractivity contribution in [1.29, 1.82) is 0 Å². The standard InChI is InChI=1S/C43H51N7O7/c1-46-25-34(32-22-40(57-4)44-23-33(32)42(46)53)29-19-37(55-2)35(38(20-29)56-3)26-48-17-15-47(16-18-48)12-9-27-10-13-49(14-11-27)30-6-5-28-24-50(43(54)31(28)21-30)36-7-8-39(51)45-41(36)52/h5-6,19-23,25,27,36H,7-18,24,26H2,1-4H3,(H,45,51,52)/i1D3. The van der Waals surface area contributed by atoms with Crippen LogP contribution in [0.2, 0.25) is 0 Å². The molecule has 0 spiro atoms. The van der Waals surface area contributed by atoms with Crippen LogP contribution in [0.25, 0.3) is 21.9 Å². The van der Waals surface area contributed by atoms with Crippen LogP contribution < -0.4 is 30.0 Å². The number of fused-ring (bicyclic) bond motifs is 2. The van der Waals surface area contributed by atoms with Crippen LogP contribution in [-0.2, 0) is 29.7 Å². The molecule has 0 bridgehead atoms. The van der Waals surface area contributed by atoms with E-state index in [0.717, 1.165) is 86.5 Å². The average Bonchev–Trinajstić information content (AvgIpc) is 3.57. The molecule has 0 saturated carbocycles. The molecule has 14 nitrogen and oxygen atoms in total. The zero-order valence-corrected chi connectivity index (χ0v) is 32.7. The molecule has 4 aliphatic rings. The summed E-state index contributed by atoms with van der Waals surface area (Å²) in [6.45, 7) is 4.83. The van der Waals surface area contributed by atoms with Gasteiger partial charge in [0.2, 0.25) is 17.7 Å². The molecule has 14 heteroatoms. The van der Waals surface area contributed by atoms with E-state index < -0.39 is 24.5 Å². The third kappa shape index (κ3) is 7.67. The second kappa shape index (κ2) is 16.2. The molecule has 3 saturated heterocycles. The molecule has 4 aromatic rings. The molecular formula is C43H51N7O7. The summed E-state index contributed by atoms with van der Waals surface area (Å²) >= 11 is 0. The molecule has 2 aromatic carbocycles. The fourth-order valence-electron chi connectivity index (χ4n) is 8.83. The van der Waals surface area contributed by atoms with Gasteiger partial charge in [0.1, 0.15) is 17.5 Å². The second-order valence-electron chi connectivity index (χ2n) is 15.4. The van der Waals surface area contributed by atoms with Crippen LogP contribution >= 0.6 is 0 Å². The number of aryl methyl sites for hydroxylation is 1. The Morgan fingerprint density at radius 1 is 0.842 bits per heavy atom. The van der Waals surface area contributed by atoms with Crippen molar-refractivity contribution in [3.63, 3.8) is 0 Å². The smallest absolute Gasteiger partial charge is 0.259 e. The van der Waals surface area contributed by atoms with Crippen molar-refractivity contribution in [2.75, 3.05) is 72.0 Å². The lowest BCUT2D eigenvalue weighted by atomic mass is 9.92. The molecule has 2 aromatic heterocycles. The molecule has 300 valence electrons. The second-order valence-corrected chi connectivity index (χ2v) is 15.4. The molecular weight excluding hydrogens is 727 g/mol. The summed E-state index contributed by atoms with van der Waals surface area (Å²) in [5.41, 5.74) is 3.95. The highest BCUT2D eigenvalue weighted by molar-refractivity contribution is 6.05. The minimum absolute atomic E-state index is 0.142. The number of hydrogen-bond acceptors (Lipinski definition) is 11. The van der Waals surface area contributed by atoms with Gasteiger partial charge in [-0.25, -0.2) is 4.98 Å². The Labute approximate surface area is 336 Å². The van der Waals surface area contributed by atoms with Crippen LogP contribution in [0.4, 0.5) is 5.69 Å². The van der Waals surface area contributed by atoms with E-state index >= 15 is 0 Å². The van der Waals surface area contributed by atoms with Gasteiger partial charge in [-0.15, -0.1) is 0 Å². The highest BCUT2D eigenvalue weighted by atomic mass is 16.5. The van der Waals surface area contributed by atoms with E-state index in [1.807, 2.05) is 24.3 Å². The highest BCUT2D eigenvalue weighted by Gasteiger charge is 2.39. The maximum absolute atomic E-state index is 13.4. The molecule has 1 atom stereocenters. The van der Waals surface area contributed by atoms with Crippen LogP contribution in [0.3, 0.4) is 0 Å². The van der Waals surface area contributed by atoms with E-state index in [9.17, 15) is 19.2 Å². The largest absolute Gasteiger partial charge is 0.496 e. The fraction of sp³-hybridized carbons (Fsp3) is 0.465. The number of amides is 3. The minimum Gasteiger partial charge on any atom is -0.496 e. The van der Waals surface area contributed by atoms with Gasteiger partial charge in [0.25, 0.3) is 11.5 Å². The zero-order chi connectivity index (χ0) is 42.3. The molecule has 6 heterocycles. The topological polar surface area (TPSA) is 139 Å². The maximum atomic E-state index is 13.4.